The topological polar surface area (TPSA) is 68.2 Å². The van der Waals surface area contributed by atoms with E-state index in [9.17, 15) is 4.79 Å². The molecule has 1 aliphatic heterocycles. The highest BCUT2D eigenvalue weighted by Crippen LogP contribution is 2.32. The van der Waals surface area contributed by atoms with Crippen LogP contribution in [0.3, 0.4) is 0 Å². The number of anilines is 1. The summed E-state index contributed by atoms with van der Waals surface area (Å²) in [5.74, 6) is 0.635. The zero-order chi connectivity index (χ0) is 21.1. The number of carbonyl (C=O) groups is 1. The fourth-order valence-corrected chi connectivity index (χ4v) is 4.19. The third kappa shape index (κ3) is 4.20. The molecule has 1 amide bonds. The van der Waals surface area contributed by atoms with E-state index in [-0.39, 0.29) is 11.8 Å². The number of nitrogens with zero attached hydrogens (tertiary/aromatic N) is 2. The second-order valence-electron chi connectivity index (χ2n) is 7.52. The van der Waals surface area contributed by atoms with E-state index in [1.165, 1.54) is 0 Å². The molecule has 1 aromatic heterocycles. The third-order valence-electron chi connectivity index (χ3n) is 5.43. The van der Waals surface area contributed by atoms with Gasteiger partial charge >= 0.3 is 0 Å². The molecule has 7 heteroatoms. The number of hydrogen-bond donors (Lipinski definition) is 2. The number of halogens is 1. The van der Waals surface area contributed by atoms with Gasteiger partial charge in [0.05, 0.1) is 35.3 Å². The molecule has 30 heavy (non-hydrogen) atoms. The Bertz CT molecular complexity index is 1060. The summed E-state index contributed by atoms with van der Waals surface area (Å²) < 4.78 is 7.10. The van der Waals surface area contributed by atoms with Crippen molar-refractivity contribution >= 4 is 23.2 Å². The maximum absolute atomic E-state index is 13.2. The van der Waals surface area contributed by atoms with Crippen LogP contribution in [-0.2, 0) is 0 Å². The fourth-order valence-electron chi connectivity index (χ4n) is 3.93. The molecule has 0 radical (unpaired) electrons. The Kier molecular flexibility index (Phi) is 6.06. The highest BCUT2D eigenvalue weighted by molar-refractivity contribution is 6.32. The second kappa shape index (κ2) is 8.90. The van der Waals surface area contributed by atoms with Gasteiger partial charge in [0.1, 0.15) is 5.75 Å². The van der Waals surface area contributed by atoms with Gasteiger partial charge in [0.25, 0.3) is 5.91 Å². The Balaban J connectivity index is 1.70. The van der Waals surface area contributed by atoms with E-state index < -0.39 is 0 Å². The van der Waals surface area contributed by atoms with Gasteiger partial charge in [-0.25, -0.2) is 4.68 Å². The number of amides is 1. The number of benzene rings is 2. The van der Waals surface area contributed by atoms with Crippen LogP contribution in [0.25, 0.3) is 5.69 Å². The number of aryl methyl sites for hydroxylation is 1. The monoisotopic (exact) mass is 424 g/mol. The zero-order valence-corrected chi connectivity index (χ0v) is 17.9. The Hall–Kier alpha value is -2.83. The van der Waals surface area contributed by atoms with Crippen LogP contribution >= 0.6 is 11.6 Å². The summed E-state index contributed by atoms with van der Waals surface area (Å²) in [7, 11) is 1.56. The third-order valence-corrected chi connectivity index (χ3v) is 5.73. The second-order valence-corrected chi connectivity index (χ2v) is 7.93. The molecule has 1 saturated heterocycles. The molecule has 0 unspecified atom stereocenters. The molecule has 156 valence electrons. The van der Waals surface area contributed by atoms with Gasteiger partial charge in [-0.1, -0.05) is 23.7 Å². The fraction of sp³-hybridized carbons (Fsp3) is 0.304. The number of rotatable bonds is 5. The van der Waals surface area contributed by atoms with Crippen LogP contribution < -0.4 is 15.4 Å². The van der Waals surface area contributed by atoms with Crippen molar-refractivity contribution in [3.05, 3.63) is 70.5 Å². The van der Waals surface area contributed by atoms with Crippen LogP contribution in [0, 0.1) is 6.92 Å². The molecule has 2 aromatic carbocycles. The minimum atomic E-state index is -0.191. The lowest BCUT2D eigenvalue weighted by Gasteiger charge is -2.24. The molecule has 0 bridgehead atoms. The first-order chi connectivity index (χ1) is 14.6. The molecule has 1 fully saturated rings. The van der Waals surface area contributed by atoms with Crippen LogP contribution in [-0.4, -0.2) is 35.9 Å². The van der Waals surface area contributed by atoms with Crippen molar-refractivity contribution in [3.63, 3.8) is 0 Å². The van der Waals surface area contributed by atoms with Crippen molar-refractivity contribution in [2.45, 2.75) is 25.7 Å². The number of ether oxygens (including phenoxy) is 1. The minimum absolute atomic E-state index is 0.191. The molecule has 4 rings (SSSR count). The summed E-state index contributed by atoms with van der Waals surface area (Å²) in [6.45, 7) is 3.91. The van der Waals surface area contributed by atoms with Crippen molar-refractivity contribution < 1.29 is 9.53 Å². The van der Waals surface area contributed by atoms with Crippen molar-refractivity contribution in [3.8, 4) is 11.4 Å². The van der Waals surface area contributed by atoms with Crippen LogP contribution in [0.1, 0.15) is 40.4 Å². The molecular formula is C23H25ClN4O2. The summed E-state index contributed by atoms with van der Waals surface area (Å²) in [6, 6.07) is 13.4. The quantitative estimate of drug-likeness (QED) is 0.629. The first-order valence-electron chi connectivity index (χ1n) is 10.1. The lowest BCUT2D eigenvalue weighted by molar-refractivity contribution is 0.102. The largest absolute Gasteiger partial charge is 0.495 e. The molecule has 0 atom stereocenters. The Morgan fingerprint density at radius 1 is 1.23 bits per heavy atom. The highest BCUT2D eigenvalue weighted by atomic mass is 35.5. The van der Waals surface area contributed by atoms with E-state index >= 15 is 0 Å². The molecule has 0 aliphatic carbocycles. The number of nitrogens with one attached hydrogen (secondary N) is 2. The summed E-state index contributed by atoms with van der Waals surface area (Å²) in [5.41, 5.74) is 4.29. The molecule has 1 aliphatic rings. The van der Waals surface area contributed by atoms with E-state index in [1.54, 1.807) is 31.5 Å². The number of carbonyl (C=O) groups excluding carboxylic acids is 1. The van der Waals surface area contributed by atoms with Gasteiger partial charge in [-0.05, 0) is 68.8 Å². The highest BCUT2D eigenvalue weighted by Gasteiger charge is 2.27. The molecule has 6 nitrogen and oxygen atoms in total. The first kappa shape index (κ1) is 20.4. The van der Waals surface area contributed by atoms with Gasteiger partial charge in [0.15, 0.2) is 0 Å². The predicted molar refractivity (Wildman–Crippen MR) is 119 cm³/mol. The van der Waals surface area contributed by atoms with Gasteiger partial charge in [-0.2, -0.15) is 5.10 Å². The normalized spacial score (nSPS) is 14.5. The van der Waals surface area contributed by atoms with Crippen molar-refractivity contribution in [2.24, 2.45) is 0 Å². The molecule has 2 heterocycles. The Morgan fingerprint density at radius 3 is 2.73 bits per heavy atom. The summed E-state index contributed by atoms with van der Waals surface area (Å²) in [4.78, 5) is 13.2. The van der Waals surface area contributed by atoms with E-state index in [1.807, 2.05) is 16.8 Å². The molecule has 0 spiro atoms. The van der Waals surface area contributed by atoms with E-state index in [4.69, 9.17) is 16.3 Å². The van der Waals surface area contributed by atoms with Crippen molar-refractivity contribution in [1.29, 1.82) is 0 Å². The first-order valence-corrected chi connectivity index (χ1v) is 10.4. The summed E-state index contributed by atoms with van der Waals surface area (Å²) >= 11 is 6.21. The van der Waals surface area contributed by atoms with Gasteiger partial charge in [-0.3, -0.25) is 4.79 Å². The Morgan fingerprint density at radius 2 is 2.03 bits per heavy atom. The van der Waals surface area contributed by atoms with Crippen LogP contribution in [0.2, 0.25) is 5.02 Å². The van der Waals surface area contributed by atoms with Crippen molar-refractivity contribution in [1.82, 2.24) is 15.1 Å². The maximum atomic E-state index is 13.2. The van der Waals surface area contributed by atoms with E-state index in [2.05, 4.69) is 34.8 Å². The number of piperidine rings is 1. The van der Waals surface area contributed by atoms with Gasteiger partial charge in [-0.15, -0.1) is 0 Å². The molecular weight excluding hydrogens is 400 g/mol. The molecule has 3 aromatic rings. The Labute approximate surface area is 181 Å². The zero-order valence-electron chi connectivity index (χ0n) is 17.1. The lowest BCUT2D eigenvalue weighted by Crippen LogP contribution is -2.29. The smallest absolute Gasteiger partial charge is 0.259 e. The van der Waals surface area contributed by atoms with E-state index in [0.29, 0.717) is 22.0 Å². The van der Waals surface area contributed by atoms with Gasteiger partial charge < -0.3 is 15.4 Å². The van der Waals surface area contributed by atoms with Gasteiger partial charge in [0.2, 0.25) is 0 Å². The number of aromatic nitrogens is 2. The average molecular weight is 425 g/mol. The average Bonchev–Trinajstić information content (AvgIpc) is 3.20. The molecule has 0 saturated carbocycles. The maximum Gasteiger partial charge on any atom is 0.259 e. The summed E-state index contributed by atoms with van der Waals surface area (Å²) in [5, 5.41) is 11.4. The lowest BCUT2D eigenvalue weighted by atomic mass is 9.91. The molecule has 2 N–H and O–H groups in total. The predicted octanol–water partition coefficient (Wildman–Crippen LogP) is 4.56. The standard InChI is InChI=1S/C23H25ClN4O2/c1-15-4-3-5-18(12-15)28-22(16-8-10-25-11-9-16)19(14-26-28)23(29)27-17-6-7-21(30-2)20(24)13-17/h3-7,12-14,16,25H,8-11H2,1-2H3,(H,27,29). The SMILES string of the molecule is COc1ccc(NC(=O)c2cnn(-c3cccc(C)c3)c2C2CCNCC2)cc1Cl. The van der Waals surface area contributed by atoms with Crippen LogP contribution in [0.15, 0.2) is 48.7 Å². The minimum Gasteiger partial charge on any atom is -0.495 e. The van der Waals surface area contributed by atoms with Crippen molar-refractivity contribution in [2.75, 3.05) is 25.5 Å². The van der Waals surface area contributed by atoms with E-state index in [0.717, 1.165) is 42.9 Å². The summed E-state index contributed by atoms with van der Waals surface area (Å²) in [6.07, 6.45) is 3.60. The number of hydrogen-bond acceptors (Lipinski definition) is 4. The number of methoxy groups -OCH3 is 1. The van der Waals surface area contributed by atoms with Crippen LogP contribution in [0.4, 0.5) is 5.69 Å². The van der Waals surface area contributed by atoms with Crippen LogP contribution in [0.5, 0.6) is 5.75 Å². The van der Waals surface area contributed by atoms with Gasteiger partial charge in [0, 0.05) is 11.6 Å².